The van der Waals surface area contributed by atoms with Gasteiger partial charge in [0.05, 0.1) is 12.8 Å². The summed E-state index contributed by atoms with van der Waals surface area (Å²) in [7, 11) is 1.66. The van der Waals surface area contributed by atoms with Crippen molar-refractivity contribution in [3.63, 3.8) is 0 Å². The zero-order valence-electron chi connectivity index (χ0n) is 14.0. The lowest BCUT2D eigenvalue weighted by atomic mass is 10.0. The van der Waals surface area contributed by atoms with Gasteiger partial charge in [-0.15, -0.1) is 0 Å². The smallest absolute Gasteiger partial charge is 0.153 e. The van der Waals surface area contributed by atoms with Crippen LogP contribution in [0.15, 0.2) is 24.5 Å². The van der Waals surface area contributed by atoms with Crippen molar-refractivity contribution >= 4 is 11.5 Å². The maximum Gasteiger partial charge on any atom is 0.153 e. The van der Waals surface area contributed by atoms with Gasteiger partial charge in [0, 0.05) is 11.6 Å². The van der Waals surface area contributed by atoms with Gasteiger partial charge in [-0.1, -0.05) is 6.92 Å². The molecule has 3 N–H and O–H groups in total. The molecule has 1 aromatic carbocycles. The second-order valence-electron chi connectivity index (χ2n) is 6.16. The SMILES string of the molecule is CC[C@@H](Nc1ncnc(-c2ccc(OC)cc2C)c1N)C1CC1. The first-order chi connectivity index (χ1) is 11.1. The van der Waals surface area contributed by atoms with E-state index in [0.717, 1.165) is 40.7 Å². The maximum atomic E-state index is 6.36. The van der Waals surface area contributed by atoms with Crippen molar-refractivity contribution in [2.45, 2.75) is 39.2 Å². The van der Waals surface area contributed by atoms with Gasteiger partial charge in [0.1, 0.15) is 17.8 Å². The molecule has 1 saturated carbocycles. The summed E-state index contributed by atoms with van der Waals surface area (Å²) < 4.78 is 5.26. The fourth-order valence-corrected chi connectivity index (χ4v) is 2.98. The summed E-state index contributed by atoms with van der Waals surface area (Å²) in [4.78, 5) is 8.76. The molecule has 0 radical (unpaired) electrons. The predicted octanol–water partition coefficient (Wildman–Crippen LogP) is 3.64. The van der Waals surface area contributed by atoms with Gasteiger partial charge in [-0.05, 0) is 55.9 Å². The standard InChI is InChI=1S/C18H24N4O/c1-4-15(12-5-6-12)22-18-16(19)17(20-10-21-18)14-8-7-13(23-3)9-11(14)2/h7-10,12,15H,4-6,19H2,1-3H3,(H,20,21,22)/t15-/m1/s1. The van der Waals surface area contributed by atoms with E-state index in [2.05, 4.69) is 22.2 Å². The topological polar surface area (TPSA) is 73.1 Å². The van der Waals surface area contributed by atoms with Gasteiger partial charge in [-0.3, -0.25) is 0 Å². The van der Waals surface area contributed by atoms with E-state index in [1.165, 1.54) is 12.8 Å². The quantitative estimate of drug-likeness (QED) is 0.852. The van der Waals surface area contributed by atoms with Gasteiger partial charge in [0.25, 0.3) is 0 Å². The first-order valence-corrected chi connectivity index (χ1v) is 8.16. The fourth-order valence-electron chi connectivity index (χ4n) is 2.98. The molecular formula is C18H24N4O. The lowest BCUT2D eigenvalue weighted by Gasteiger charge is -2.19. The number of aryl methyl sites for hydroxylation is 1. The second kappa shape index (κ2) is 6.44. The molecule has 1 aromatic heterocycles. The Morgan fingerprint density at radius 1 is 1.35 bits per heavy atom. The molecule has 5 heteroatoms. The zero-order valence-corrected chi connectivity index (χ0v) is 14.0. The lowest BCUT2D eigenvalue weighted by Crippen LogP contribution is -2.22. The van der Waals surface area contributed by atoms with E-state index < -0.39 is 0 Å². The predicted molar refractivity (Wildman–Crippen MR) is 93.6 cm³/mol. The number of hydrogen-bond donors (Lipinski definition) is 2. The Morgan fingerprint density at radius 3 is 2.74 bits per heavy atom. The van der Waals surface area contributed by atoms with E-state index in [1.807, 2.05) is 25.1 Å². The van der Waals surface area contributed by atoms with Gasteiger partial charge >= 0.3 is 0 Å². The Labute approximate surface area is 137 Å². The van der Waals surface area contributed by atoms with Crippen LogP contribution in [0.5, 0.6) is 5.75 Å². The molecule has 1 aliphatic rings. The van der Waals surface area contributed by atoms with E-state index in [0.29, 0.717) is 11.7 Å². The summed E-state index contributed by atoms with van der Waals surface area (Å²) in [5, 5.41) is 3.51. The van der Waals surface area contributed by atoms with Crippen LogP contribution in [-0.4, -0.2) is 23.1 Å². The molecule has 0 saturated heterocycles. The first kappa shape index (κ1) is 15.6. The number of methoxy groups -OCH3 is 1. The molecule has 23 heavy (non-hydrogen) atoms. The molecule has 1 fully saturated rings. The van der Waals surface area contributed by atoms with Crippen LogP contribution in [-0.2, 0) is 0 Å². The van der Waals surface area contributed by atoms with E-state index >= 15 is 0 Å². The summed E-state index contributed by atoms with van der Waals surface area (Å²) >= 11 is 0. The van der Waals surface area contributed by atoms with Crippen LogP contribution in [0.4, 0.5) is 11.5 Å². The molecule has 122 valence electrons. The van der Waals surface area contributed by atoms with Crippen molar-refractivity contribution in [1.82, 2.24) is 9.97 Å². The van der Waals surface area contributed by atoms with Crippen molar-refractivity contribution in [2.24, 2.45) is 5.92 Å². The van der Waals surface area contributed by atoms with Gasteiger partial charge in [-0.25, -0.2) is 9.97 Å². The van der Waals surface area contributed by atoms with Gasteiger partial charge < -0.3 is 15.8 Å². The molecule has 5 nitrogen and oxygen atoms in total. The number of anilines is 2. The van der Waals surface area contributed by atoms with Gasteiger partial charge in [-0.2, -0.15) is 0 Å². The zero-order chi connectivity index (χ0) is 16.4. The van der Waals surface area contributed by atoms with Crippen LogP contribution in [0.3, 0.4) is 0 Å². The van der Waals surface area contributed by atoms with E-state index in [9.17, 15) is 0 Å². The van der Waals surface area contributed by atoms with Crippen molar-refractivity contribution in [3.8, 4) is 17.0 Å². The minimum Gasteiger partial charge on any atom is -0.497 e. The molecule has 0 spiro atoms. The van der Waals surface area contributed by atoms with E-state index in [1.54, 1.807) is 13.4 Å². The third-order valence-corrected chi connectivity index (χ3v) is 4.53. The molecule has 2 aromatic rings. The van der Waals surface area contributed by atoms with Gasteiger partial charge in [0.15, 0.2) is 5.82 Å². The van der Waals surface area contributed by atoms with Crippen LogP contribution in [0.2, 0.25) is 0 Å². The molecule has 0 amide bonds. The highest BCUT2D eigenvalue weighted by Crippen LogP contribution is 2.37. The molecule has 3 rings (SSSR count). The Bertz CT molecular complexity index is 697. The number of nitrogen functional groups attached to an aromatic ring is 1. The third-order valence-electron chi connectivity index (χ3n) is 4.53. The Morgan fingerprint density at radius 2 is 2.13 bits per heavy atom. The number of rotatable bonds is 6. The average Bonchev–Trinajstić information content (AvgIpc) is 3.39. The van der Waals surface area contributed by atoms with E-state index in [-0.39, 0.29) is 0 Å². The Hall–Kier alpha value is -2.30. The summed E-state index contributed by atoms with van der Waals surface area (Å²) in [6.45, 7) is 4.23. The monoisotopic (exact) mass is 312 g/mol. The summed E-state index contributed by atoms with van der Waals surface area (Å²) in [6, 6.07) is 6.35. The van der Waals surface area contributed by atoms with Crippen molar-refractivity contribution in [2.75, 3.05) is 18.2 Å². The summed E-state index contributed by atoms with van der Waals surface area (Å²) in [5.74, 6) is 2.32. The minimum absolute atomic E-state index is 0.442. The number of aromatic nitrogens is 2. The number of nitrogens with one attached hydrogen (secondary N) is 1. The molecule has 1 atom stereocenters. The highest BCUT2D eigenvalue weighted by Gasteiger charge is 2.30. The molecule has 0 unspecified atom stereocenters. The van der Waals surface area contributed by atoms with Crippen molar-refractivity contribution in [1.29, 1.82) is 0 Å². The van der Waals surface area contributed by atoms with Crippen LogP contribution in [0.25, 0.3) is 11.3 Å². The Kier molecular flexibility index (Phi) is 4.37. The average molecular weight is 312 g/mol. The molecule has 0 bridgehead atoms. The summed E-state index contributed by atoms with van der Waals surface area (Å²) in [5.41, 5.74) is 9.83. The number of hydrogen-bond acceptors (Lipinski definition) is 5. The van der Waals surface area contributed by atoms with Crippen LogP contribution in [0.1, 0.15) is 31.7 Å². The number of ether oxygens (including phenoxy) is 1. The Balaban J connectivity index is 1.93. The molecule has 0 aliphatic heterocycles. The lowest BCUT2D eigenvalue weighted by molar-refractivity contribution is 0.414. The largest absolute Gasteiger partial charge is 0.497 e. The number of nitrogens with two attached hydrogens (primary N) is 1. The number of nitrogens with zero attached hydrogens (tertiary/aromatic N) is 2. The van der Waals surface area contributed by atoms with Gasteiger partial charge in [0.2, 0.25) is 0 Å². The minimum atomic E-state index is 0.442. The third kappa shape index (κ3) is 3.23. The molecule has 1 heterocycles. The van der Waals surface area contributed by atoms with Crippen LogP contribution in [0, 0.1) is 12.8 Å². The number of benzene rings is 1. The highest BCUT2D eigenvalue weighted by atomic mass is 16.5. The first-order valence-electron chi connectivity index (χ1n) is 8.16. The molecule has 1 aliphatic carbocycles. The van der Waals surface area contributed by atoms with Crippen molar-refractivity contribution in [3.05, 3.63) is 30.1 Å². The highest BCUT2D eigenvalue weighted by molar-refractivity contribution is 5.82. The fraction of sp³-hybridized carbons (Fsp3) is 0.444. The summed E-state index contributed by atoms with van der Waals surface area (Å²) in [6.07, 6.45) is 5.24. The maximum absolute atomic E-state index is 6.36. The normalized spacial score (nSPS) is 15.3. The van der Waals surface area contributed by atoms with Crippen molar-refractivity contribution < 1.29 is 4.74 Å². The second-order valence-corrected chi connectivity index (χ2v) is 6.16. The van der Waals surface area contributed by atoms with Crippen LogP contribution >= 0.6 is 0 Å². The van der Waals surface area contributed by atoms with E-state index in [4.69, 9.17) is 10.5 Å². The van der Waals surface area contributed by atoms with Crippen LogP contribution < -0.4 is 15.8 Å². The molecular weight excluding hydrogens is 288 g/mol.